The van der Waals surface area contributed by atoms with Crippen molar-refractivity contribution in [1.29, 1.82) is 0 Å². The van der Waals surface area contributed by atoms with E-state index in [1.54, 1.807) is 36.4 Å². The van der Waals surface area contributed by atoms with Crippen LogP contribution in [0.2, 0.25) is 5.02 Å². The van der Waals surface area contributed by atoms with Crippen LogP contribution in [-0.4, -0.2) is 32.3 Å². The first kappa shape index (κ1) is 25.5. The lowest BCUT2D eigenvalue weighted by Gasteiger charge is -2.22. The molecule has 2 amide bonds. The van der Waals surface area contributed by atoms with Crippen LogP contribution in [-0.2, 0) is 11.3 Å². The molecule has 0 aliphatic heterocycles. The average Bonchev–Trinajstić information content (AvgIpc) is 3.19. The molecule has 0 aliphatic carbocycles. The smallest absolute Gasteiger partial charge is 0.251 e. The Morgan fingerprint density at radius 1 is 1.18 bits per heavy atom. The van der Waals surface area contributed by atoms with E-state index in [9.17, 15) is 9.59 Å². The number of para-hydroxylation sites is 1. The lowest BCUT2D eigenvalue weighted by atomic mass is 10.0. The third-order valence-electron chi connectivity index (χ3n) is 5.05. The molecule has 0 unspecified atom stereocenters. The molecule has 2 N–H and O–H groups in total. The number of amides is 2. The van der Waals surface area contributed by atoms with E-state index in [-0.39, 0.29) is 29.5 Å². The third kappa shape index (κ3) is 6.48. The maximum Gasteiger partial charge on any atom is 0.251 e. The lowest BCUT2D eigenvalue weighted by molar-refractivity contribution is -0.113. The molecule has 0 radical (unpaired) electrons. The van der Waals surface area contributed by atoms with E-state index >= 15 is 0 Å². The number of anilines is 1. The summed E-state index contributed by atoms with van der Waals surface area (Å²) in [6, 6.07) is 14.1. The van der Waals surface area contributed by atoms with Gasteiger partial charge in [0.05, 0.1) is 22.5 Å². The number of halogens is 1. The number of aryl methyl sites for hydroxylation is 1. The molecule has 0 spiro atoms. The van der Waals surface area contributed by atoms with Gasteiger partial charge in [-0.3, -0.25) is 9.59 Å². The van der Waals surface area contributed by atoms with Gasteiger partial charge in [-0.25, -0.2) is 0 Å². The van der Waals surface area contributed by atoms with Gasteiger partial charge < -0.3 is 15.2 Å². The highest BCUT2D eigenvalue weighted by molar-refractivity contribution is 7.99. The normalized spacial score (nSPS) is 11.8. The largest absolute Gasteiger partial charge is 0.342 e. The van der Waals surface area contributed by atoms with Crippen molar-refractivity contribution in [2.75, 3.05) is 11.1 Å². The summed E-state index contributed by atoms with van der Waals surface area (Å²) < 4.78 is 1.88. The molecule has 3 aromatic rings. The Labute approximate surface area is 209 Å². The number of aromatic nitrogens is 3. The number of hydrogen-bond donors (Lipinski definition) is 2. The van der Waals surface area contributed by atoms with E-state index in [1.807, 2.05) is 43.5 Å². The van der Waals surface area contributed by atoms with Gasteiger partial charge in [-0.05, 0) is 37.1 Å². The van der Waals surface area contributed by atoms with Crippen molar-refractivity contribution in [1.82, 2.24) is 20.1 Å². The summed E-state index contributed by atoms with van der Waals surface area (Å²) in [4.78, 5) is 25.4. The molecule has 9 heteroatoms. The Balaban J connectivity index is 1.76. The van der Waals surface area contributed by atoms with E-state index in [0.29, 0.717) is 33.8 Å². The van der Waals surface area contributed by atoms with Crippen molar-refractivity contribution in [2.45, 2.75) is 38.5 Å². The van der Waals surface area contributed by atoms with Gasteiger partial charge in [0, 0.05) is 12.1 Å². The quantitative estimate of drug-likeness (QED) is 0.293. The fourth-order valence-corrected chi connectivity index (χ4v) is 4.29. The van der Waals surface area contributed by atoms with Crippen molar-refractivity contribution >= 4 is 40.9 Å². The number of carbonyl (C=O) groups is 2. The van der Waals surface area contributed by atoms with Gasteiger partial charge in [-0.1, -0.05) is 73.1 Å². The molecule has 0 bridgehead atoms. The summed E-state index contributed by atoms with van der Waals surface area (Å²) in [6.45, 7) is 10.2. The summed E-state index contributed by atoms with van der Waals surface area (Å²) in [6.07, 6.45) is 1.74. The van der Waals surface area contributed by atoms with Crippen LogP contribution < -0.4 is 10.6 Å². The van der Waals surface area contributed by atoms with Gasteiger partial charge in [-0.15, -0.1) is 16.8 Å². The lowest BCUT2D eigenvalue weighted by Crippen LogP contribution is -2.34. The number of thioether (sulfide) groups is 1. The van der Waals surface area contributed by atoms with Crippen molar-refractivity contribution < 1.29 is 9.59 Å². The highest BCUT2D eigenvalue weighted by Crippen LogP contribution is 2.26. The maximum atomic E-state index is 12.9. The second-order valence-corrected chi connectivity index (χ2v) is 9.47. The summed E-state index contributed by atoms with van der Waals surface area (Å²) in [5.74, 6) is 0.417. The van der Waals surface area contributed by atoms with Gasteiger partial charge in [0.15, 0.2) is 11.0 Å². The van der Waals surface area contributed by atoms with E-state index in [4.69, 9.17) is 11.6 Å². The van der Waals surface area contributed by atoms with Crippen LogP contribution in [0, 0.1) is 12.8 Å². The molecule has 0 aliphatic rings. The molecule has 2 aromatic carbocycles. The molecule has 1 heterocycles. The van der Waals surface area contributed by atoms with Crippen molar-refractivity contribution in [3.63, 3.8) is 0 Å². The first-order valence-electron chi connectivity index (χ1n) is 10.9. The Bertz CT molecular complexity index is 1180. The van der Waals surface area contributed by atoms with E-state index in [2.05, 4.69) is 27.4 Å². The van der Waals surface area contributed by atoms with E-state index in [0.717, 1.165) is 5.56 Å². The van der Waals surface area contributed by atoms with Gasteiger partial charge >= 0.3 is 0 Å². The zero-order valence-corrected chi connectivity index (χ0v) is 21.0. The number of nitrogens with zero attached hydrogens (tertiary/aromatic N) is 3. The molecule has 34 heavy (non-hydrogen) atoms. The second kappa shape index (κ2) is 11.9. The van der Waals surface area contributed by atoms with Gasteiger partial charge in [-0.2, -0.15) is 0 Å². The fourth-order valence-electron chi connectivity index (χ4n) is 3.36. The van der Waals surface area contributed by atoms with Gasteiger partial charge in [0.25, 0.3) is 5.91 Å². The summed E-state index contributed by atoms with van der Waals surface area (Å²) in [5.41, 5.74) is 2.16. The van der Waals surface area contributed by atoms with Gasteiger partial charge in [0.1, 0.15) is 0 Å². The van der Waals surface area contributed by atoms with E-state index in [1.165, 1.54) is 11.8 Å². The maximum absolute atomic E-state index is 12.9. The average molecular weight is 498 g/mol. The summed E-state index contributed by atoms with van der Waals surface area (Å²) in [7, 11) is 0. The van der Waals surface area contributed by atoms with Crippen LogP contribution in [0.25, 0.3) is 0 Å². The van der Waals surface area contributed by atoms with Crippen molar-refractivity contribution in [3.05, 3.63) is 83.2 Å². The molecule has 0 saturated heterocycles. The van der Waals surface area contributed by atoms with Gasteiger partial charge in [0.2, 0.25) is 5.91 Å². The molecule has 0 saturated carbocycles. The second-order valence-electron chi connectivity index (χ2n) is 8.12. The molecular weight excluding hydrogens is 470 g/mol. The van der Waals surface area contributed by atoms with E-state index < -0.39 is 0 Å². The minimum atomic E-state index is -0.369. The minimum absolute atomic E-state index is 0.0582. The molecule has 178 valence electrons. The van der Waals surface area contributed by atoms with Crippen molar-refractivity contribution in [2.24, 2.45) is 5.92 Å². The number of benzene rings is 2. The summed E-state index contributed by atoms with van der Waals surface area (Å²) in [5, 5.41) is 15.6. The van der Waals surface area contributed by atoms with Crippen LogP contribution in [0.1, 0.15) is 41.6 Å². The fraction of sp³-hybridized carbons (Fsp3) is 0.280. The number of allylic oxidation sites excluding steroid dienone is 1. The van der Waals surface area contributed by atoms with Crippen LogP contribution in [0.15, 0.2) is 66.3 Å². The molecule has 7 nitrogen and oxygen atoms in total. The molecular formula is C25H28ClN5O2S. The monoisotopic (exact) mass is 497 g/mol. The highest BCUT2D eigenvalue weighted by Gasteiger charge is 2.26. The Morgan fingerprint density at radius 3 is 2.62 bits per heavy atom. The van der Waals surface area contributed by atoms with Crippen LogP contribution in [0.5, 0.6) is 0 Å². The zero-order chi connectivity index (χ0) is 24.7. The highest BCUT2D eigenvalue weighted by atomic mass is 35.5. The molecule has 0 fully saturated rings. The topological polar surface area (TPSA) is 88.9 Å². The standard InChI is InChI=1S/C25H28ClN5O2S/c1-5-13-31-23(22(16(2)3)28-24(33)18-10-8-9-17(4)14-18)29-30-25(31)34-15-21(32)27-20-12-7-6-11-19(20)26/h5-12,14,16,22H,1,13,15H2,2-4H3,(H,27,32)(H,28,33)/t22-/m0/s1. The molecule has 1 atom stereocenters. The Morgan fingerprint density at radius 2 is 1.94 bits per heavy atom. The Hall–Kier alpha value is -3.10. The van der Waals surface area contributed by atoms with Crippen LogP contribution in [0.3, 0.4) is 0 Å². The zero-order valence-electron chi connectivity index (χ0n) is 19.4. The number of hydrogen-bond acceptors (Lipinski definition) is 5. The number of carbonyl (C=O) groups excluding carboxylic acids is 2. The number of nitrogens with one attached hydrogen (secondary N) is 2. The first-order chi connectivity index (χ1) is 16.3. The predicted molar refractivity (Wildman–Crippen MR) is 137 cm³/mol. The Kier molecular flexibility index (Phi) is 8.90. The van der Waals surface area contributed by atoms with Crippen LogP contribution in [0.4, 0.5) is 5.69 Å². The molecule has 3 rings (SSSR count). The SMILES string of the molecule is C=CCn1c(SCC(=O)Nc2ccccc2Cl)nnc1[C@@H](NC(=O)c1cccc(C)c1)C(C)C. The van der Waals surface area contributed by atoms with Crippen molar-refractivity contribution in [3.8, 4) is 0 Å². The molecule has 1 aromatic heterocycles. The minimum Gasteiger partial charge on any atom is -0.342 e. The first-order valence-corrected chi connectivity index (χ1v) is 12.2. The predicted octanol–water partition coefficient (Wildman–Crippen LogP) is 5.28. The van der Waals surface area contributed by atoms with Crippen LogP contribution >= 0.6 is 23.4 Å². The number of rotatable bonds is 10. The summed E-state index contributed by atoms with van der Waals surface area (Å²) >= 11 is 7.38. The third-order valence-corrected chi connectivity index (χ3v) is 6.35.